The minimum atomic E-state index is -3.78. The summed E-state index contributed by atoms with van der Waals surface area (Å²) in [5.74, 6) is -0.598. The predicted octanol–water partition coefficient (Wildman–Crippen LogP) is 0.783. The van der Waals surface area contributed by atoms with Crippen LogP contribution < -0.4 is 0 Å². The van der Waals surface area contributed by atoms with E-state index in [1.807, 2.05) is 0 Å². The number of carbonyl (C=O) groups excluding carboxylic acids is 1. The number of hydrogen-bond acceptors (Lipinski definition) is 5. The molecule has 1 N–H and O–H groups in total. The lowest BCUT2D eigenvalue weighted by atomic mass is 10.1. The number of rotatable bonds is 5. The fraction of sp³-hybridized carbons (Fsp3) is 0.462. The van der Waals surface area contributed by atoms with Gasteiger partial charge in [0.25, 0.3) is 0 Å². The van der Waals surface area contributed by atoms with Gasteiger partial charge in [-0.3, -0.25) is 0 Å². The molecule has 7 heteroatoms. The van der Waals surface area contributed by atoms with Crippen molar-refractivity contribution in [3.63, 3.8) is 0 Å². The van der Waals surface area contributed by atoms with E-state index in [9.17, 15) is 13.2 Å². The van der Waals surface area contributed by atoms with E-state index in [0.717, 1.165) is 4.31 Å². The number of benzene rings is 1. The summed E-state index contributed by atoms with van der Waals surface area (Å²) in [6.45, 7) is 2.95. The number of ether oxygens (including phenoxy) is 1. The molecular formula is C13H19NO5S. The van der Waals surface area contributed by atoms with E-state index in [0.29, 0.717) is 5.56 Å². The largest absolute Gasteiger partial charge is 0.465 e. The SMILES string of the molecule is COC(=O)c1ccc(C)c(S(=O)(=O)N(C)C(C)CO)c1. The molecule has 1 rings (SSSR count). The zero-order valence-electron chi connectivity index (χ0n) is 12.0. The van der Waals surface area contributed by atoms with Crippen LogP contribution in [0.5, 0.6) is 0 Å². The summed E-state index contributed by atoms with van der Waals surface area (Å²) < 4.78 is 30.6. The van der Waals surface area contributed by atoms with Crippen molar-refractivity contribution in [3.05, 3.63) is 29.3 Å². The van der Waals surface area contributed by atoms with E-state index in [1.165, 1.54) is 26.3 Å². The van der Waals surface area contributed by atoms with Gasteiger partial charge in [0.1, 0.15) is 0 Å². The second-order valence-corrected chi connectivity index (χ2v) is 6.49. The molecule has 0 bridgehead atoms. The fourth-order valence-electron chi connectivity index (χ4n) is 1.63. The molecule has 0 aliphatic carbocycles. The average Bonchev–Trinajstić information content (AvgIpc) is 2.44. The summed E-state index contributed by atoms with van der Waals surface area (Å²) in [6, 6.07) is 3.80. The Morgan fingerprint density at radius 3 is 2.55 bits per heavy atom. The van der Waals surface area contributed by atoms with Crippen LogP contribution in [0.4, 0.5) is 0 Å². The number of hydrogen-bond donors (Lipinski definition) is 1. The van der Waals surface area contributed by atoms with Gasteiger partial charge in [0.2, 0.25) is 10.0 Å². The molecule has 0 spiro atoms. The molecule has 0 aliphatic heterocycles. The summed E-state index contributed by atoms with van der Waals surface area (Å²) in [6.07, 6.45) is 0. The van der Waals surface area contributed by atoms with Crippen LogP contribution in [0.3, 0.4) is 0 Å². The molecule has 0 saturated heterocycles. The lowest BCUT2D eigenvalue weighted by Crippen LogP contribution is -2.37. The van der Waals surface area contributed by atoms with Crippen molar-refractivity contribution >= 4 is 16.0 Å². The quantitative estimate of drug-likeness (QED) is 0.813. The van der Waals surface area contributed by atoms with E-state index in [1.54, 1.807) is 19.9 Å². The molecule has 0 amide bonds. The lowest BCUT2D eigenvalue weighted by molar-refractivity contribution is 0.0600. The van der Waals surface area contributed by atoms with Crippen LogP contribution in [0.2, 0.25) is 0 Å². The standard InChI is InChI=1S/C13H19NO5S/c1-9-5-6-11(13(16)19-4)7-12(9)20(17,18)14(3)10(2)8-15/h5-7,10,15H,8H2,1-4H3. The van der Waals surface area contributed by atoms with Gasteiger partial charge in [0.05, 0.1) is 24.2 Å². The predicted molar refractivity (Wildman–Crippen MR) is 74.0 cm³/mol. The first-order chi connectivity index (χ1) is 9.25. The monoisotopic (exact) mass is 301 g/mol. The summed E-state index contributed by atoms with van der Waals surface area (Å²) in [4.78, 5) is 11.5. The Kier molecular flexibility index (Phi) is 5.27. The highest BCUT2D eigenvalue weighted by atomic mass is 32.2. The van der Waals surface area contributed by atoms with Crippen LogP contribution >= 0.6 is 0 Å². The first-order valence-electron chi connectivity index (χ1n) is 6.03. The third-order valence-electron chi connectivity index (χ3n) is 3.15. The molecule has 0 aromatic heterocycles. The molecular weight excluding hydrogens is 282 g/mol. The molecule has 112 valence electrons. The molecule has 0 heterocycles. The molecule has 0 aliphatic rings. The molecule has 0 saturated carbocycles. The van der Waals surface area contributed by atoms with Crippen molar-refractivity contribution in [2.45, 2.75) is 24.8 Å². The number of aliphatic hydroxyl groups excluding tert-OH is 1. The Balaban J connectivity index is 3.34. The maximum absolute atomic E-state index is 12.5. The highest BCUT2D eigenvalue weighted by molar-refractivity contribution is 7.89. The van der Waals surface area contributed by atoms with E-state index in [4.69, 9.17) is 5.11 Å². The molecule has 0 radical (unpaired) electrons. The van der Waals surface area contributed by atoms with Gasteiger partial charge in [0.15, 0.2) is 0 Å². The molecule has 1 aromatic carbocycles. The van der Waals surface area contributed by atoms with Crippen molar-refractivity contribution in [3.8, 4) is 0 Å². The van der Waals surface area contributed by atoms with E-state index < -0.39 is 22.0 Å². The van der Waals surface area contributed by atoms with Crippen molar-refractivity contribution < 1.29 is 23.1 Å². The van der Waals surface area contributed by atoms with Crippen molar-refractivity contribution in [2.75, 3.05) is 20.8 Å². The van der Waals surface area contributed by atoms with Gasteiger partial charge >= 0.3 is 5.97 Å². The molecule has 0 fully saturated rings. The summed E-state index contributed by atoms with van der Waals surface area (Å²) >= 11 is 0. The normalized spacial score (nSPS) is 13.3. The molecule has 6 nitrogen and oxygen atoms in total. The van der Waals surface area contributed by atoms with Crippen LogP contribution in [0.25, 0.3) is 0 Å². The second-order valence-electron chi connectivity index (χ2n) is 4.52. The average molecular weight is 301 g/mol. The zero-order valence-corrected chi connectivity index (χ0v) is 12.8. The van der Waals surface area contributed by atoms with Crippen molar-refractivity contribution in [1.82, 2.24) is 4.31 Å². The maximum Gasteiger partial charge on any atom is 0.337 e. The van der Waals surface area contributed by atoms with Gasteiger partial charge in [-0.1, -0.05) is 6.07 Å². The van der Waals surface area contributed by atoms with Gasteiger partial charge in [-0.15, -0.1) is 0 Å². The van der Waals surface area contributed by atoms with E-state index >= 15 is 0 Å². The van der Waals surface area contributed by atoms with Crippen LogP contribution in [-0.4, -0.2) is 50.6 Å². The van der Waals surface area contributed by atoms with Gasteiger partial charge < -0.3 is 9.84 Å². The summed E-state index contributed by atoms with van der Waals surface area (Å²) in [5, 5.41) is 9.09. The number of sulfonamides is 1. The van der Waals surface area contributed by atoms with Crippen LogP contribution in [-0.2, 0) is 14.8 Å². The van der Waals surface area contributed by atoms with Gasteiger partial charge in [-0.2, -0.15) is 4.31 Å². The molecule has 20 heavy (non-hydrogen) atoms. The molecule has 1 unspecified atom stereocenters. The van der Waals surface area contributed by atoms with Gasteiger partial charge in [0, 0.05) is 13.1 Å². The highest BCUT2D eigenvalue weighted by Crippen LogP contribution is 2.22. The van der Waals surface area contributed by atoms with E-state index in [-0.39, 0.29) is 17.1 Å². The van der Waals surface area contributed by atoms with Crippen molar-refractivity contribution in [1.29, 1.82) is 0 Å². The number of carbonyl (C=O) groups is 1. The number of methoxy groups -OCH3 is 1. The highest BCUT2D eigenvalue weighted by Gasteiger charge is 2.27. The third-order valence-corrected chi connectivity index (χ3v) is 5.27. The number of likely N-dealkylation sites (N-methyl/N-ethyl adjacent to an activating group) is 1. The zero-order chi connectivity index (χ0) is 15.5. The van der Waals surface area contributed by atoms with Gasteiger partial charge in [-0.25, -0.2) is 13.2 Å². The first kappa shape index (κ1) is 16.6. The van der Waals surface area contributed by atoms with Gasteiger partial charge in [-0.05, 0) is 31.5 Å². The van der Waals surface area contributed by atoms with Crippen LogP contribution in [0, 0.1) is 6.92 Å². The minimum Gasteiger partial charge on any atom is -0.465 e. The Morgan fingerprint density at radius 2 is 2.05 bits per heavy atom. The Labute approximate surface area is 119 Å². The minimum absolute atomic E-state index is 0.0307. The second kappa shape index (κ2) is 6.34. The number of aryl methyl sites for hydroxylation is 1. The number of nitrogens with zero attached hydrogens (tertiary/aromatic N) is 1. The third kappa shape index (κ3) is 3.17. The summed E-state index contributed by atoms with van der Waals surface area (Å²) in [5.41, 5.74) is 0.691. The maximum atomic E-state index is 12.5. The molecule has 1 atom stereocenters. The Hall–Kier alpha value is -1.44. The molecule has 1 aromatic rings. The van der Waals surface area contributed by atoms with Crippen LogP contribution in [0.1, 0.15) is 22.8 Å². The first-order valence-corrected chi connectivity index (χ1v) is 7.47. The number of esters is 1. The smallest absolute Gasteiger partial charge is 0.337 e. The number of aliphatic hydroxyl groups is 1. The fourth-order valence-corrected chi connectivity index (χ4v) is 3.23. The lowest BCUT2D eigenvalue weighted by Gasteiger charge is -2.23. The van der Waals surface area contributed by atoms with Crippen molar-refractivity contribution in [2.24, 2.45) is 0 Å². The Morgan fingerprint density at radius 1 is 1.45 bits per heavy atom. The topological polar surface area (TPSA) is 83.9 Å². The van der Waals surface area contributed by atoms with Crippen LogP contribution in [0.15, 0.2) is 23.1 Å². The Bertz CT molecular complexity index is 597. The van der Waals surface area contributed by atoms with E-state index in [2.05, 4.69) is 4.74 Å². The summed E-state index contributed by atoms with van der Waals surface area (Å²) in [7, 11) is -1.16.